The maximum Gasteiger partial charge on any atom is 0.243 e. The van der Waals surface area contributed by atoms with Gasteiger partial charge in [-0.1, -0.05) is 12.8 Å². The van der Waals surface area contributed by atoms with Crippen LogP contribution in [-0.4, -0.2) is 37.3 Å². The van der Waals surface area contributed by atoms with Crippen LogP contribution in [0.25, 0.3) is 0 Å². The van der Waals surface area contributed by atoms with Crippen molar-refractivity contribution in [2.24, 2.45) is 5.92 Å². The van der Waals surface area contributed by atoms with Gasteiger partial charge < -0.3 is 5.32 Å². The molecule has 2 aliphatic carbocycles. The number of sulfonamides is 1. The van der Waals surface area contributed by atoms with E-state index in [0.717, 1.165) is 25.3 Å². The van der Waals surface area contributed by atoms with E-state index in [1.165, 1.54) is 31.9 Å². The Hall–Kier alpha value is -0.920. The third-order valence-electron chi connectivity index (χ3n) is 4.05. The van der Waals surface area contributed by atoms with Gasteiger partial charge >= 0.3 is 0 Å². The summed E-state index contributed by atoms with van der Waals surface area (Å²) in [5, 5.41) is 7.51. The fraction of sp³-hybridized carbons (Fsp3) is 0.786. The summed E-state index contributed by atoms with van der Waals surface area (Å²) in [6.07, 6.45) is 10.2. The standard InChI is InChI=1S/C14H24N4O2S/c19-21(20,17-7-1-2-12-3-4-12)14-10-16-18(11-14)9-8-15-13-5-6-13/h10-13,15,17H,1-9H2. The van der Waals surface area contributed by atoms with E-state index in [4.69, 9.17) is 0 Å². The Morgan fingerprint density at radius 3 is 2.76 bits per heavy atom. The lowest BCUT2D eigenvalue weighted by Crippen LogP contribution is -2.24. The lowest BCUT2D eigenvalue weighted by atomic mass is 10.2. The van der Waals surface area contributed by atoms with Gasteiger partial charge in [-0.15, -0.1) is 0 Å². The summed E-state index contributed by atoms with van der Waals surface area (Å²) in [7, 11) is -3.40. The van der Waals surface area contributed by atoms with Gasteiger partial charge in [0.1, 0.15) is 4.90 Å². The zero-order chi connectivity index (χ0) is 14.7. The van der Waals surface area contributed by atoms with Gasteiger partial charge in [-0.2, -0.15) is 5.10 Å². The molecule has 118 valence electrons. The van der Waals surface area contributed by atoms with Crippen molar-refractivity contribution in [2.75, 3.05) is 13.1 Å². The second kappa shape index (κ2) is 6.46. The second-order valence-corrected chi connectivity index (χ2v) is 7.92. The van der Waals surface area contributed by atoms with Crippen LogP contribution in [0.2, 0.25) is 0 Å². The molecule has 1 heterocycles. The molecule has 1 aromatic heterocycles. The van der Waals surface area contributed by atoms with E-state index in [0.29, 0.717) is 19.1 Å². The fourth-order valence-electron chi connectivity index (χ4n) is 2.36. The summed E-state index contributed by atoms with van der Waals surface area (Å²) in [5.74, 6) is 0.844. The molecule has 0 atom stereocenters. The number of nitrogens with zero attached hydrogens (tertiary/aromatic N) is 2. The molecule has 1 aromatic rings. The van der Waals surface area contributed by atoms with Gasteiger partial charge in [-0.05, 0) is 31.6 Å². The van der Waals surface area contributed by atoms with Crippen LogP contribution in [0, 0.1) is 5.92 Å². The minimum Gasteiger partial charge on any atom is -0.312 e. The van der Waals surface area contributed by atoms with Gasteiger partial charge in [0.05, 0.1) is 12.7 Å². The van der Waals surface area contributed by atoms with E-state index < -0.39 is 10.0 Å². The predicted octanol–water partition coefficient (Wildman–Crippen LogP) is 1.10. The summed E-state index contributed by atoms with van der Waals surface area (Å²) in [4.78, 5) is 0.264. The molecule has 6 nitrogen and oxygen atoms in total. The second-order valence-electron chi connectivity index (χ2n) is 6.15. The summed E-state index contributed by atoms with van der Waals surface area (Å²) < 4.78 is 28.6. The summed E-state index contributed by atoms with van der Waals surface area (Å²) in [6.45, 7) is 2.06. The fourth-order valence-corrected chi connectivity index (χ4v) is 3.39. The van der Waals surface area contributed by atoms with E-state index in [1.807, 2.05) is 0 Å². The van der Waals surface area contributed by atoms with E-state index in [9.17, 15) is 8.42 Å². The van der Waals surface area contributed by atoms with E-state index in [2.05, 4.69) is 15.1 Å². The first-order chi connectivity index (χ1) is 10.1. The Labute approximate surface area is 126 Å². The molecular formula is C14H24N4O2S. The van der Waals surface area contributed by atoms with Crippen LogP contribution in [0.1, 0.15) is 38.5 Å². The molecule has 2 aliphatic rings. The number of rotatable bonds is 10. The number of nitrogens with one attached hydrogen (secondary N) is 2. The molecule has 0 bridgehead atoms. The van der Waals surface area contributed by atoms with E-state index in [1.54, 1.807) is 10.9 Å². The van der Waals surface area contributed by atoms with Crippen LogP contribution >= 0.6 is 0 Å². The van der Waals surface area contributed by atoms with Gasteiger partial charge in [-0.3, -0.25) is 4.68 Å². The molecule has 0 amide bonds. The maximum atomic E-state index is 12.1. The normalized spacial score (nSPS) is 19.0. The highest BCUT2D eigenvalue weighted by Crippen LogP contribution is 2.33. The van der Waals surface area contributed by atoms with Crippen LogP contribution in [0.15, 0.2) is 17.3 Å². The molecule has 0 saturated heterocycles. The van der Waals surface area contributed by atoms with Crippen LogP contribution in [0.3, 0.4) is 0 Å². The average molecular weight is 312 g/mol. The van der Waals surface area contributed by atoms with Crippen molar-refractivity contribution in [3.63, 3.8) is 0 Å². The molecule has 0 aromatic carbocycles. The van der Waals surface area contributed by atoms with Crippen LogP contribution in [0.4, 0.5) is 0 Å². The lowest BCUT2D eigenvalue weighted by Gasteiger charge is -2.04. The highest BCUT2D eigenvalue weighted by atomic mass is 32.2. The quantitative estimate of drug-likeness (QED) is 0.635. The first-order valence-corrected chi connectivity index (χ1v) is 9.37. The zero-order valence-electron chi connectivity index (χ0n) is 12.3. The summed E-state index contributed by atoms with van der Waals surface area (Å²) in [6, 6.07) is 0.664. The van der Waals surface area contributed by atoms with E-state index >= 15 is 0 Å². The minimum absolute atomic E-state index is 0.264. The van der Waals surface area contributed by atoms with Gasteiger partial charge in [0.15, 0.2) is 0 Å². The molecule has 2 fully saturated rings. The lowest BCUT2D eigenvalue weighted by molar-refractivity contribution is 0.551. The topological polar surface area (TPSA) is 76.0 Å². The molecular weight excluding hydrogens is 288 g/mol. The predicted molar refractivity (Wildman–Crippen MR) is 80.4 cm³/mol. The third-order valence-corrected chi connectivity index (χ3v) is 5.46. The maximum absolute atomic E-state index is 12.1. The van der Waals surface area contributed by atoms with Crippen molar-refractivity contribution in [2.45, 2.75) is 56.0 Å². The Bertz CT molecular complexity index is 561. The number of hydrogen-bond donors (Lipinski definition) is 2. The Kier molecular flexibility index (Phi) is 4.61. The van der Waals surface area contributed by atoms with Crippen molar-refractivity contribution in [3.8, 4) is 0 Å². The molecule has 7 heteroatoms. The Balaban J connectivity index is 1.43. The van der Waals surface area contributed by atoms with Crippen LogP contribution in [0.5, 0.6) is 0 Å². The molecule has 0 aliphatic heterocycles. The Morgan fingerprint density at radius 1 is 1.24 bits per heavy atom. The van der Waals surface area contributed by atoms with E-state index in [-0.39, 0.29) is 4.90 Å². The molecule has 3 rings (SSSR count). The molecule has 0 radical (unpaired) electrons. The molecule has 2 saturated carbocycles. The molecule has 0 spiro atoms. The van der Waals surface area contributed by atoms with Crippen molar-refractivity contribution >= 4 is 10.0 Å². The molecule has 21 heavy (non-hydrogen) atoms. The molecule has 2 N–H and O–H groups in total. The highest BCUT2D eigenvalue weighted by molar-refractivity contribution is 7.89. The van der Waals surface area contributed by atoms with Crippen molar-refractivity contribution in [3.05, 3.63) is 12.4 Å². The smallest absolute Gasteiger partial charge is 0.243 e. The van der Waals surface area contributed by atoms with Crippen molar-refractivity contribution in [1.82, 2.24) is 19.8 Å². The first-order valence-electron chi connectivity index (χ1n) is 7.89. The van der Waals surface area contributed by atoms with Crippen molar-refractivity contribution < 1.29 is 8.42 Å². The van der Waals surface area contributed by atoms with Crippen molar-refractivity contribution in [1.29, 1.82) is 0 Å². The largest absolute Gasteiger partial charge is 0.312 e. The average Bonchev–Trinajstić information content (AvgIpc) is 3.36. The zero-order valence-corrected chi connectivity index (χ0v) is 13.1. The van der Waals surface area contributed by atoms with Gasteiger partial charge in [0, 0.05) is 25.3 Å². The Morgan fingerprint density at radius 2 is 2.05 bits per heavy atom. The van der Waals surface area contributed by atoms with Crippen LogP contribution in [-0.2, 0) is 16.6 Å². The monoisotopic (exact) mass is 312 g/mol. The summed E-state index contributed by atoms with van der Waals surface area (Å²) in [5.41, 5.74) is 0. The van der Waals surface area contributed by atoms with Crippen LogP contribution < -0.4 is 10.0 Å². The minimum atomic E-state index is -3.40. The summed E-state index contributed by atoms with van der Waals surface area (Å²) >= 11 is 0. The highest BCUT2D eigenvalue weighted by Gasteiger charge is 2.22. The third kappa shape index (κ3) is 4.79. The van der Waals surface area contributed by atoms with Gasteiger partial charge in [0.2, 0.25) is 10.0 Å². The molecule has 0 unspecified atom stereocenters. The van der Waals surface area contributed by atoms with Gasteiger partial charge in [0.25, 0.3) is 0 Å². The number of hydrogen-bond acceptors (Lipinski definition) is 4. The first kappa shape index (κ1) is 15.0. The SMILES string of the molecule is O=S(=O)(NCCCC1CC1)c1cnn(CCNC2CC2)c1. The van der Waals surface area contributed by atoms with Gasteiger partial charge in [-0.25, -0.2) is 13.1 Å². The number of aromatic nitrogens is 2.